The number of halogens is 3. The average Bonchev–Trinajstić information content (AvgIpc) is 3.70. The maximum absolute atomic E-state index is 15.6. The number of likely N-dealkylation sites (tertiary alicyclic amines) is 1. The first kappa shape index (κ1) is 37.1. The summed E-state index contributed by atoms with van der Waals surface area (Å²) < 4.78 is 37.7. The first-order chi connectivity index (χ1) is 25.2. The lowest BCUT2D eigenvalue weighted by Gasteiger charge is -2.26. The SMILES string of the molecule is CC(=O)c1cn(CC(=O)N2CC(F)CC2C(=O)Nc2cccc(-c3ccccc3Cl)c2F)c2ccc(N(COC(=O)C(C)(C)C)c3cncnc3)cc12. The zero-order valence-electron chi connectivity index (χ0n) is 29.5. The van der Waals surface area contributed by atoms with E-state index in [1.807, 2.05) is 0 Å². The largest absolute Gasteiger partial charge is 0.443 e. The fraction of sp³-hybridized carbons (Fsp3) is 0.282. The number of benzene rings is 3. The maximum Gasteiger partial charge on any atom is 0.312 e. The number of ether oxygens (including phenoxy) is 1. The number of rotatable bonds is 10. The van der Waals surface area contributed by atoms with Crippen molar-refractivity contribution < 1.29 is 32.7 Å². The topological polar surface area (TPSA) is 127 Å². The summed E-state index contributed by atoms with van der Waals surface area (Å²) >= 11 is 6.28. The summed E-state index contributed by atoms with van der Waals surface area (Å²) in [7, 11) is 0. The molecule has 1 aliphatic heterocycles. The van der Waals surface area contributed by atoms with Gasteiger partial charge in [-0.15, -0.1) is 0 Å². The van der Waals surface area contributed by atoms with E-state index in [-0.39, 0.29) is 43.3 Å². The van der Waals surface area contributed by atoms with Crippen LogP contribution in [0.4, 0.5) is 25.8 Å². The summed E-state index contributed by atoms with van der Waals surface area (Å²) in [5, 5.41) is 3.38. The molecule has 1 N–H and O–H groups in total. The van der Waals surface area contributed by atoms with Crippen LogP contribution in [0.5, 0.6) is 0 Å². The number of hydrogen-bond acceptors (Lipinski definition) is 8. The molecule has 1 fully saturated rings. The highest BCUT2D eigenvalue weighted by molar-refractivity contribution is 6.33. The van der Waals surface area contributed by atoms with Gasteiger partial charge in [-0.1, -0.05) is 41.9 Å². The lowest BCUT2D eigenvalue weighted by atomic mass is 9.97. The number of alkyl halides is 1. The van der Waals surface area contributed by atoms with Crippen LogP contribution < -0.4 is 10.2 Å². The minimum Gasteiger partial charge on any atom is -0.443 e. The predicted molar refractivity (Wildman–Crippen MR) is 197 cm³/mol. The minimum absolute atomic E-state index is 0.135. The number of aromatic nitrogens is 3. The van der Waals surface area contributed by atoms with E-state index in [2.05, 4.69) is 15.3 Å². The average molecular weight is 743 g/mol. The van der Waals surface area contributed by atoms with Crippen molar-refractivity contribution in [3.8, 4) is 11.1 Å². The summed E-state index contributed by atoms with van der Waals surface area (Å²) in [6, 6.07) is 15.2. The number of anilines is 3. The highest BCUT2D eigenvalue weighted by Crippen LogP contribution is 2.34. The van der Waals surface area contributed by atoms with Gasteiger partial charge >= 0.3 is 5.97 Å². The van der Waals surface area contributed by atoms with Crippen LogP contribution in [0.2, 0.25) is 5.02 Å². The number of fused-ring (bicyclic) bond motifs is 1. The van der Waals surface area contributed by atoms with Crippen molar-refractivity contribution in [3.05, 3.63) is 102 Å². The molecule has 1 saturated heterocycles. The van der Waals surface area contributed by atoms with Crippen molar-refractivity contribution in [2.45, 2.75) is 52.9 Å². The van der Waals surface area contributed by atoms with Crippen molar-refractivity contribution in [2.75, 3.05) is 23.5 Å². The second-order valence-electron chi connectivity index (χ2n) is 13.8. The fourth-order valence-electron chi connectivity index (χ4n) is 6.21. The Kier molecular flexibility index (Phi) is 10.6. The Hall–Kier alpha value is -5.69. The van der Waals surface area contributed by atoms with E-state index in [0.29, 0.717) is 38.4 Å². The Bertz CT molecular complexity index is 2210. The van der Waals surface area contributed by atoms with E-state index in [4.69, 9.17) is 16.3 Å². The molecule has 5 aromatic rings. The Labute approximate surface area is 309 Å². The number of carbonyl (C=O) groups excluding carboxylic acids is 4. The van der Waals surface area contributed by atoms with Gasteiger partial charge in [0, 0.05) is 50.9 Å². The standard InChI is InChI=1S/C39H37ClF2N6O5/c1-23(49)30-19-46(33-13-12-25(15-29(30)33)48(26-16-43-21-44-17-26)22-53-38(52)39(2,3)4)20-35(50)47-18-24(41)14-34(47)37(51)45-32-11-7-9-28(36(32)42)27-8-5-6-10-31(27)40/h5-13,15-17,19,21,24,34H,14,18,20,22H2,1-4H3,(H,45,51). The second kappa shape index (κ2) is 15.1. The number of esters is 1. The number of amides is 2. The van der Waals surface area contributed by atoms with Gasteiger partial charge in [-0.05, 0) is 58.0 Å². The molecule has 2 atom stereocenters. The third kappa shape index (κ3) is 7.90. The molecule has 0 spiro atoms. The number of nitrogens with one attached hydrogen (secondary N) is 1. The summed E-state index contributed by atoms with van der Waals surface area (Å²) in [4.78, 5) is 63.8. The van der Waals surface area contributed by atoms with Gasteiger partial charge in [-0.2, -0.15) is 0 Å². The molecule has 2 aromatic heterocycles. The van der Waals surface area contributed by atoms with E-state index < -0.39 is 41.2 Å². The number of hydrogen-bond donors (Lipinski definition) is 1. The Morgan fingerprint density at radius 1 is 1.00 bits per heavy atom. The van der Waals surface area contributed by atoms with Crippen molar-refractivity contribution in [1.29, 1.82) is 0 Å². The van der Waals surface area contributed by atoms with E-state index in [0.717, 1.165) is 4.90 Å². The zero-order chi connectivity index (χ0) is 38.0. The summed E-state index contributed by atoms with van der Waals surface area (Å²) in [5.41, 5.74) is 1.66. The molecule has 6 rings (SSSR count). The molecule has 3 heterocycles. The molecule has 14 heteroatoms. The lowest BCUT2D eigenvalue weighted by molar-refractivity contribution is -0.152. The van der Waals surface area contributed by atoms with Crippen LogP contribution in [0.15, 0.2) is 85.6 Å². The molecule has 11 nitrogen and oxygen atoms in total. The highest BCUT2D eigenvalue weighted by Gasteiger charge is 2.40. The predicted octanol–water partition coefficient (Wildman–Crippen LogP) is 7.36. The van der Waals surface area contributed by atoms with Gasteiger partial charge in [0.15, 0.2) is 18.3 Å². The molecule has 3 aromatic carbocycles. The highest BCUT2D eigenvalue weighted by atomic mass is 35.5. The van der Waals surface area contributed by atoms with Crippen LogP contribution >= 0.6 is 11.6 Å². The van der Waals surface area contributed by atoms with Gasteiger partial charge in [0.25, 0.3) is 0 Å². The van der Waals surface area contributed by atoms with E-state index in [9.17, 15) is 23.6 Å². The summed E-state index contributed by atoms with van der Waals surface area (Å²) in [6.07, 6.45) is 4.28. The first-order valence-electron chi connectivity index (χ1n) is 16.8. The summed E-state index contributed by atoms with van der Waals surface area (Å²) in [6.45, 7) is 5.82. The normalized spacial score (nSPS) is 15.7. The van der Waals surface area contributed by atoms with Crippen LogP contribution in [0, 0.1) is 11.2 Å². The first-order valence-corrected chi connectivity index (χ1v) is 17.2. The molecular weight excluding hydrogens is 706 g/mol. The van der Waals surface area contributed by atoms with Gasteiger partial charge in [0.1, 0.15) is 25.1 Å². The molecule has 0 aliphatic carbocycles. The van der Waals surface area contributed by atoms with E-state index in [1.165, 1.54) is 31.6 Å². The van der Waals surface area contributed by atoms with Gasteiger partial charge in [0.2, 0.25) is 11.8 Å². The Balaban J connectivity index is 1.25. The molecule has 2 amide bonds. The third-order valence-electron chi connectivity index (χ3n) is 8.95. The van der Waals surface area contributed by atoms with Crippen molar-refractivity contribution in [1.82, 2.24) is 19.4 Å². The van der Waals surface area contributed by atoms with Crippen LogP contribution in [-0.4, -0.2) is 68.5 Å². The summed E-state index contributed by atoms with van der Waals surface area (Å²) in [5.74, 6) is -2.71. The molecule has 0 bridgehead atoms. The zero-order valence-corrected chi connectivity index (χ0v) is 30.2. The number of Topliss-reactive ketones (excluding diaryl/α,β-unsaturated/α-hetero) is 1. The maximum atomic E-state index is 15.6. The van der Waals surface area contributed by atoms with Crippen LogP contribution in [-0.2, 0) is 25.7 Å². The number of ketones is 1. The Morgan fingerprint density at radius 2 is 1.72 bits per heavy atom. The fourth-order valence-corrected chi connectivity index (χ4v) is 6.45. The van der Waals surface area contributed by atoms with Crippen LogP contribution in [0.25, 0.3) is 22.0 Å². The van der Waals surface area contributed by atoms with Crippen molar-refractivity contribution in [2.24, 2.45) is 5.41 Å². The molecule has 274 valence electrons. The van der Waals surface area contributed by atoms with Gasteiger partial charge in [0.05, 0.1) is 35.7 Å². The van der Waals surface area contributed by atoms with E-state index >= 15 is 4.39 Å². The van der Waals surface area contributed by atoms with Crippen LogP contribution in [0.3, 0.4) is 0 Å². The van der Waals surface area contributed by atoms with Gasteiger partial charge in [-0.3, -0.25) is 19.2 Å². The molecular formula is C39H37ClF2N6O5. The molecule has 2 unspecified atom stereocenters. The van der Waals surface area contributed by atoms with Gasteiger partial charge < -0.3 is 24.4 Å². The molecule has 53 heavy (non-hydrogen) atoms. The smallest absolute Gasteiger partial charge is 0.312 e. The molecule has 1 aliphatic rings. The van der Waals surface area contributed by atoms with E-state index in [1.54, 1.807) is 91.2 Å². The monoisotopic (exact) mass is 742 g/mol. The third-order valence-corrected chi connectivity index (χ3v) is 9.28. The van der Waals surface area contributed by atoms with Crippen LogP contribution in [0.1, 0.15) is 44.5 Å². The number of nitrogens with zero attached hydrogens (tertiary/aromatic N) is 5. The Morgan fingerprint density at radius 3 is 2.42 bits per heavy atom. The minimum atomic E-state index is -1.48. The quantitative estimate of drug-likeness (QED) is 0.0894. The number of carbonyl (C=O) groups is 4. The lowest BCUT2D eigenvalue weighted by Crippen LogP contribution is -2.44. The van der Waals surface area contributed by atoms with Crippen molar-refractivity contribution in [3.63, 3.8) is 0 Å². The molecule has 0 radical (unpaired) electrons. The van der Waals surface area contributed by atoms with Crippen molar-refractivity contribution >= 4 is 63.1 Å². The van der Waals surface area contributed by atoms with Gasteiger partial charge in [-0.25, -0.2) is 18.7 Å². The molecule has 0 saturated carbocycles. The second-order valence-corrected chi connectivity index (χ2v) is 14.2.